The van der Waals surface area contributed by atoms with Crippen molar-refractivity contribution >= 4 is 29.8 Å². The number of H-pyrrole nitrogens is 1. The first-order valence-electron chi connectivity index (χ1n) is 4.86. The van der Waals surface area contributed by atoms with Gasteiger partial charge in [0, 0.05) is 0 Å². The average Bonchev–Trinajstić information content (AvgIpc) is 2.70. The Hall–Kier alpha value is -1.60. The second-order valence-corrected chi connectivity index (χ2v) is 4.78. The van der Waals surface area contributed by atoms with E-state index in [-0.39, 0.29) is 10.3 Å². The quantitative estimate of drug-likeness (QED) is 0.666. The number of hydrogen-bond acceptors (Lipinski definition) is 5. The molecule has 0 bridgehead atoms. The molecule has 0 saturated carbocycles. The second kappa shape index (κ2) is 4.72. The van der Waals surface area contributed by atoms with Gasteiger partial charge in [0.05, 0.1) is 11.1 Å². The molecule has 2 aromatic rings. The largest absolute Gasteiger partial charge is 0.296 e. The molecule has 2 aromatic heterocycles. The van der Waals surface area contributed by atoms with E-state index in [1.807, 2.05) is 18.4 Å². The predicted molar refractivity (Wildman–Crippen MR) is 70.5 cm³/mol. The summed E-state index contributed by atoms with van der Waals surface area (Å²) >= 11 is 6.52. The van der Waals surface area contributed by atoms with Gasteiger partial charge in [-0.2, -0.15) is 14.9 Å². The van der Waals surface area contributed by atoms with Crippen LogP contribution in [-0.4, -0.2) is 21.1 Å². The van der Waals surface area contributed by atoms with Crippen molar-refractivity contribution in [2.45, 2.75) is 13.8 Å². The monoisotopic (exact) mass is 266 g/mol. The lowest BCUT2D eigenvalue weighted by Gasteiger charge is -1.98. The van der Waals surface area contributed by atoms with Gasteiger partial charge in [-0.15, -0.1) is 11.3 Å². The van der Waals surface area contributed by atoms with Crippen molar-refractivity contribution in [3.05, 3.63) is 42.7 Å². The average molecular weight is 266 g/mol. The molecule has 2 rings (SSSR count). The standard InChI is InChI=1S/C10H10N4OS2/c1-6-3-4-17-8(6)5-11-14-9(15)7(2)12-13-10(14)16/h3-5H,1-2H3,(H,13,16)/b11-5+. The van der Waals surface area contributed by atoms with Crippen LogP contribution in [0.4, 0.5) is 0 Å². The summed E-state index contributed by atoms with van der Waals surface area (Å²) in [5.74, 6) is 0. The van der Waals surface area contributed by atoms with Crippen molar-refractivity contribution in [1.29, 1.82) is 0 Å². The lowest BCUT2D eigenvalue weighted by atomic mass is 10.3. The molecule has 0 spiro atoms. The zero-order valence-electron chi connectivity index (χ0n) is 9.30. The zero-order valence-corrected chi connectivity index (χ0v) is 10.9. The highest BCUT2D eigenvalue weighted by atomic mass is 32.1. The van der Waals surface area contributed by atoms with Crippen LogP contribution in [0.15, 0.2) is 21.3 Å². The first kappa shape index (κ1) is 11.9. The molecule has 0 aliphatic heterocycles. The van der Waals surface area contributed by atoms with E-state index in [0.717, 1.165) is 15.1 Å². The summed E-state index contributed by atoms with van der Waals surface area (Å²) in [5.41, 5.74) is 1.14. The summed E-state index contributed by atoms with van der Waals surface area (Å²) in [7, 11) is 0. The number of rotatable bonds is 2. The van der Waals surface area contributed by atoms with Crippen LogP contribution in [0.1, 0.15) is 16.1 Å². The summed E-state index contributed by atoms with van der Waals surface area (Å²) in [4.78, 5) is 12.7. The number of aryl methyl sites for hydroxylation is 2. The minimum atomic E-state index is -0.306. The van der Waals surface area contributed by atoms with Crippen LogP contribution in [0.2, 0.25) is 0 Å². The zero-order chi connectivity index (χ0) is 12.4. The number of thiophene rings is 1. The molecule has 1 N–H and O–H groups in total. The SMILES string of the molecule is Cc1ccsc1/C=N/n1c(=S)[nH]nc(C)c1=O. The second-order valence-electron chi connectivity index (χ2n) is 3.44. The lowest BCUT2D eigenvalue weighted by molar-refractivity contribution is 0.720. The molecule has 0 atom stereocenters. The smallest absolute Gasteiger partial charge is 0.265 e. The minimum Gasteiger partial charge on any atom is -0.265 e. The normalized spacial score (nSPS) is 11.2. The number of nitrogens with zero attached hydrogens (tertiary/aromatic N) is 3. The number of aromatic amines is 1. The third kappa shape index (κ3) is 2.40. The summed E-state index contributed by atoms with van der Waals surface area (Å²) in [6.07, 6.45) is 1.63. The van der Waals surface area contributed by atoms with Crippen LogP contribution in [-0.2, 0) is 0 Å². The van der Waals surface area contributed by atoms with Crippen molar-refractivity contribution in [1.82, 2.24) is 14.9 Å². The van der Waals surface area contributed by atoms with Crippen LogP contribution >= 0.6 is 23.6 Å². The Bertz CT molecular complexity index is 680. The molecule has 5 nitrogen and oxygen atoms in total. The van der Waals surface area contributed by atoms with Crippen LogP contribution in [0.5, 0.6) is 0 Å². The molecule has 2 heterocycles. The first-order chi connectivity index (χ1) is 8.09. The molecular formula is C10H10N4OS2. The maximum atomic E-state index is 11.7. The Morgan fingerprint density at radius 3 is 3.00 bits per heavy atom. The highest BCUT2D eigenvalue weighted by Gasteiger charge is 2.01. The number of hydrogen-bond donors (Lipinski definition) is 1. The van der Waals surface area contributed by atoms with Gasteiger partial charge in [-0.3, -0.25) is 9.89 Å². The molecule has 0 fully saturated rings. The Kier molecular flexibility index (Phi) is 3.30. The topological polar surface area (TPSA) is 63.0 Å². The van der Waals surface area contributed by atoms with Gasteiger partial charge in [0.25, 0.3) is 5.56 Å². The third-order valence-corrected chi connectivity index (χ3v) is 3.42. The van der Waals surface area contributed by atoms with Crippen molar-refractivity contribution in [3.63, 3.8) is 0 Å². The molecule has 0 amide bonds. The summed E-state index contributed by atoms with van der Waals surface area (Å²) < 4.78 is 1.32. The Balaban J connectivity index is 2.47. The maximum absolute atomic E-state index is 11.7. The van der Waals surface area contributed by atoms with Gasteiger partial charge in [-0.05, 0) is 43.1 Å². The molecule has 0 saturated heterocycles. The van der Waals surface area contributed by atoms with E-state index in [1.165, 1.54) is 0 Å². The molecule has 88 valence electrons. The van der Waals surface area contributed by atoms with Gasteiger partial charge in [-0.25, -0.2) is 0 Å². The fourth-order valence-corrected chi connectivity index (χ4v) is 2.16. The summed E-state index contributed by atoms with van der Waals surface area (Å²) in [5, 5.41) is 12.4. The van der Waals surface area contributed by atoms with Crippen LogP contribution in [0.25, 0.3) is 0 Å². The first-order valence-corrected chi connectivity index (χ1v) is 6.15. The van der Waals surface area contributed by atoms with Crippen molar-refractivity contribution in [2.24, 2.45) is 5.10 Å². The van der Waals surface area contributed by atoms with Crippen molar-refractivity contribution < 1.29 is 0 Å². The molecule has 0 unspecified atom stereocenters. The molecular weight excluding hydrogens is 256 g/mol. The van der Waals surface area contributed by atoms with Crippen molar-refractivity contribution in [2.75, 3.05) is 0 Å². The van der Waals surface area contributed by atoms with Gasteiger partial charge in [0.1, 0.15) is 5.69 Å². The maximum Gasteiger partial charge on any atom is 0.296 e. The number of aromatic nitrogens is 3. The Morgan fingerprint density at radius 1 is 1.59 bits per heavy atom. The molecule has 7 heteroatoms. The molecule has 0 radical (unpaired) electrons. The molecule has 0 aromatic carbocycles. The Labute approximate surface area is 106 Å². The van der Waals surface area contributed by atoms with E-state index in [2.05, 4.69) is 15.3 Å². The van der Waals surface area contributed by atoms with E-state index in [1.54, 1.807) is 24.5 Å². The minimum absolute atomic E-state index is 0.186. The van der Waals surface area contributed by atoms with E-state index < -0.39 is 0 Å². The van der Waals surface area contributed by atoms with Gasteiger partial charge >= 0.3 is 0 Å². The van der Waals surface area contributed by atoms with E-state index in [9.17, 15) is 4.79 Å². The third-order valence-electron chi connectivity index (χ3n) is 2.21. The van der Waals surface area contributed by atoms with Crippen LogP contribution < -0.4 is 5.56 Å². The summed E-state index contributed by atoms with van der Waals surface area (Å²) in [6, 6.07) is 1.99. The van der Waals surface area contributed by atoms with Gasteiger partial charge in [-0.1, -0.05) is 0 Å². The highest BCUT2D eigenvalue weighted by molar-refractivity contribution is 7.71. The molecule has 17 heavy (non-hydrogen) atoms. The van der Waals surface area contributed by atoms with Crippen LogP contribution in [0, 0.1) is 18.6 Å². The summed E-state index contributed by atoms with van der Waals surface area (Å²) in [6.45, 7) is 3.59. The molecule has 0 aliphatic rings. The fourth-order valence-electron chi connectivity index (χ4n) is 1.20. The highest BCUT2D eigenvalue weighted by Crippen LogP contribution is 2.12. The Morgan fingerprint density at radius 2 is 2.35 bits per heavy atom. The van der Waals surface area contributed by atoms with Gasteiger partial charge in [0.2, 0.25) is 4.77 Å². The van der Waals surface area contributed by atoms with E-state index >= 15 is 0 Å². The van der Waals surface area contributed by atoms with Gasteiger partial charge < -0.3 is 0 Å². The van der Waals surface area contributed by atoms with E-state index in [4.69, 9.17) is 12.2 Å². The fraction of sp³-hybridized carbons (Fsp3) is 0.200. The van der Waals surface area contributed by atoms with Crippen LogP contribution in [0.3, 0.4) is 0 Å². The van der Waals surface area contributed by atoms with E-state index in [0.29, 0.717) is 5.69 Å². The van der Waals surface area contributed by atoms with Gasteiger partial charge in [0.15, 0.2) is 0 Å². The van der Waals surface area contributed by atoms with Crippen molar-refractivity contribution in [3.8, 4) is 0 Å². The predicted octanol–water partition coefficient (Wildman–Crippen LogP) is 1.86. The number of nitrogens with one attached hydrogen (secondary N) is 1. The lowest BCUT2D eigenvalue weighted by Crippen LogP contribution is -2.22. The molecule has 0 aliphatic carbocycles.